The maximum absolute atomic E-state index is 5.50. The Hall–Kier alpha value is -1.96. The molecule has 4 unspecified atom stereocenters. The fourth-order valence-electron chi connectivity index (χ4n) is 3.53. The van der Waals surface area contributed by atoms with E-state index in [1.54, 1.807) is 14.2 Å². The second-order valence-electron chi connectivity index (χ2n) is 6.70. The maximum Gasteiger partial charge on any atom is 0.157 e. The molecule has 2 nitrogen and oxygen atoms in total. The SMILES string of the molecule is COC1=CC2C=CC=C(CC3=CC(C)C(C)C=C3)C2C=C1OC. The van der Waals surface area contributed by atoms with E-state index in [1.165, 1.54) is 11.1 Å². The Balaban J connectivity index is 1.82. The Morgan fingerprint density at radius 2 is 1.65 bits per heavy atom. The molecular weight excluding hydrogens is 284 g/mol. The summed E-state index contributed by atoms with van der Waals surface area (Å²) in [6.45, 7) is 4.57. The molecule has 0 N–H and O–H groups in total. The van der Waals surface area contributed by atoms with Gasteiger partial charge in [-0.1, -0.05) is 55.9 Å². The molecule has 2 heteroatoms. The second-order valence-corrected chi connectivity index (χ2v) is 6.70. The molecule has 23 heavy (non-hydrogen) atoms. The highest BCUT2D eigenvalue weighted by Gasteiger charge is 2.29. The van der Waals surface area contributed by atoms with Crippen LogP contribution in [-0.2, 0) is 9.47 Å². The Labute approximate surface area is 139 Å². The number of fused-ring (bicyclic) bond motifs is 1. The van der Waals surface area contributed by atoms with Crippen molar-refractivity contribution >= 4 is 0 Å². The number of methoxy groups -OCH3 is 2. The smallest absolute Gasteiger partial charge is 0.157 e. The number of allylic oxidation sites excluding steroid dienone is 10. The van der Waals surface area contributed by atoms with Crippen LogP contribution < -0.4 is 0 Å². The van der Waals surface area contributed by atoms with Gasteiger partial charge in [-0.2, -0.15) is 0 Å². The van der Waals surface area contributed by atoms with Crippen molar-refractivity contribution in [3.8, 4) is 0 Å². The van der Waals surface area contributed by atoms with Gasteiger partial charge in [0.2, 0.25) is 0 Å². The van der Waals surface area contributed by atoms with Crippen LogP contribution in [0.1, 0.15) is 20.3 Å². The number of hydrogen-bond donors (Lipinski definition) is 0. The second kappa shape index (κ2) is 6.66. The molecule has 4 atom stereocenters. The van der Waals surface area contributed by atoms with Gasteiger partial charge in [0.25, 0.3) is 0 Å². The van der Waals surface area contributed by atoms with Crippen molar-refractivity contribution in [3.05, 3.63) is 71.3 Å². The number of ether oxygens (including phenoxy) is 2. The maximum atomic E-state index is 5.50. The molecule has 0 heterocycles. The molecule has 0 amide bonds. The van der Waals surface area contributed by atoms with Gasteiger partial charge in [0.1, 0.15) is 0 Å². The summed E-state index contributed by atoms with van der Waals surface area (Å²) in [5, 5.41) is 0. The van der Waals surface area contributed by atoms with Gasteiger partial charge in [0.15, 0.2) is 11.5 Å². The highest BCUT2D eigenvalue weighted by Crippen LogP contribution is 2.39. The molecule has 0 saturated carbocycles. The van der Waals surface area contributed by atoms with E-state index in [0.29, 0.717) is 23.7 Å². The highest BCUT2D eigenvalue weighted by molar-refractivity contribution is 5.41. The zero-order valence-corrected chi connectivity index (χ0v) is 14.5. The van der Waals surface area contributed by atoms with E-state index in [9.17, 15) is 0 Å². The molecule has 122 valence electrons. The van der Waals surface area contributed by atoms with Gasteiger partial charge in [-0.25, -0.2) is 0 Å². The first-order valence-electron chi connectivity index (χ1n) is 8.40. The molecule has 0 saturated heterocycles. The quantitative estimate of drug-likeness (QED) is 0.731. The Bertz CT molecular complexity index is 643. The molecular formula is C21H26O2. The summed E-state index contributed by atoms with van der Waals surface area (Å²) in [5.41, 5.74) is 2.86. The lowest BCUT2D eigenvalue weighted by Gasteiger charge is -2.31. The molecule has 0 fully saturated rings. The molecule has 0 aliphatic heterocycles. The van der Waals surface area contributed by atoms with Gasteiger partial charge in [0.05, 0.1) is 14.2 Å². The summed E-state index contributed by atoms with van der Waals surface area (Å²) >= 11 is 0. The minimum atomic E-state index is 0.355. The van der Waals surface area contributed by atoms with Crippen molar-refractivity contribution in [2.45, 2.75) is 20.3 Å². The first-order chi connectivity index (χ1) is 11.1. The third-order valence-corrected chi connectivity index (χ3v) is 5.17. The highest BCUT2D eigenvalue weighted by atomic mass is 16.5. The van der Waals surface area contributed by atoms with Crippen molar-refractivity contribution in [3.63, 3.8) is 0 Å². The summed E-state index contributed by atoms with van der Waals surface area (Å²) in [6.07, 6.45) is 19.1. The molecule has 0 bridgehead atoms. The van der Waals surface area contributed by atoms with Gasteiger partial charge >= 0.3 is 0 Å². The van der Waals surface area contributed by atoms with Gasteiger partial charge in [-0.05, 0) is 36.0 Å². The van der Waals surface area contributed by atoms with Gasteiger partial charge in [0, 0.05) is 11.8 Å². The molecule has 3 rings (SSSR count). The van der Waals surface area contributed by atoms with Crippen molar-refractivity contribution < 1.29 is 9.47 Å². The zero-order chi connectivity index (χ0) is 16.4. The van der Waals surface area contributed by atoms with Crippen LogP contribution in [-0.4, -0.2) is 14.2 Å². The third-order valence-electron chi connectivity index (χ3n) is 5.17. The average molecular weight is 310 g/mol. The van der Waals surface area contributed by atoms with Crippen LogP contribution in [0.3, 0.4) is 0 Å². The van der Waals surface area contributed by atoms with Crippen LogP contribution in [0.15, 0.2) is 71.3 Å². The largest absolute Gasteiger partial charge is 0.493 e. The monoisotopic (exact) mass is 310 g/mol. The van der Waals surface area contributed by atoms with Gasteiger partial charge < -0.3 is 9.47 Å². The van der Waals surface area contributed by atoms with Crippen LogP contribution in [0.25, 0.3) is 0 Å². The van der Waals surface area contributed by atoms with Crippen molar-refractivity contribution in [1.29, 1.82) is 0 Å². The van der Waals surface area contributed by atoms with Crippen LogP contribution in [0, 0.1) is 23.7 Å². The van der Waals surface area contributed by atoms with Crippen molar-refractivity contribution in [1.82, 2.24) is 0 Å². The molecule has 0 aromatic carbocycles. The van der Waals surface area contributed by atoms with Crippen molar-refractivity contribution in [2.24, 2.45) is 23.7 Å². The Kier molecular flexibility index (Phi) is 4.61. The summed E-state index contributed by atoms with van der Waals surface area (Å²) < 4.78 is 10.9. The van der Waals surface area contributed by atoms with E-state index in [4.69, 9.17) is 9.47 Å². The van der Waals surface area contributed by atoms with Crippen LogP contribution in [0.4, 0.5) is 0 Å². The van der Waals surface area contributed by atoms with Crippen molar-refractivity contribution in [2.75, 3.05) is 14.2 Å². The Morgan fingerprint density at radius 3 is 2.35 bits per heavy atom. The summed E-state index contributed by atoms with van der Waals surface area (Å²) in [7, 11) is 3.40. The van der Waals surface area contributed by atoms with Crippen LogP contribution in [0.5, 0.6) is 0 Å². The molecule has 0 aromatic heterocycles. The lowest BCUT2D eigenvalue weighted by molar-refractivity contribution is 0.210. The van der Waals surface area contributed by atoms with Gasteiger partial charge in [-0.15, -0.1) is 0 Å². The average Bonchev–Trinajstić information content (AvgIpc) is 2.57. The fourth-order valence-corrected chi connectivity index (χ4v) is 3.53. The Morgan fingerprint density at radius 1 is 0.913 bits per heavy atom. The molecule has 0 aromatic rings. The standard InChI is InChI=1S/C21H26O2/c1-14-8-9-16(10-15(14)2)11-17-6-5-7-18-12-20(22-3)21(23-4)13-19(17)18/h5-10,12-15,18-19H,11H2,1-4H3. The number of hydrogen-bond acceptors (Lipinski definition) is 2. The third kappa shape index (κ3) is 3.21. The van der Waals surface area contributed by atoms with Gasteiger partial charge in [-0.3, -0.25) is 0 Å². The summed E-state index contributed by atoms with van der Waals surface area (Å²) in [4.78, 5) is 0. The summed E-state index contributed by atoms with van der Waals surface area (Å²) in [5.74, 6) is 3.63. The molecule has 3 aliphatic rings. The number of rotatable bonds is 4. The van der Waals surface area contributed by atoms with E-state index in [1.807, 2.05) is 0 Å². The van der Waals surface area contributed by atoms with E-state index < -0.39 is 0 Å². The molecule has 0 radical (unpaired) electrons. The first-order valence-corrected chi connectivity index (χ1v) is 8.40. The normalized spacial score (nSPS) is 32.3. The summed E-state index contributed by atoms with van der Waals surface area (Å²) in [6, 6.07) is 0. The fraction of sp³-hybridized carbons (Fsp3) is 0.429. The lowest BCUT2D eigenvalue weighted by atomic mass is 9.76. The van der Waals surface area contributed by atoms with E-state index >= 15 is 0 Å². The van der Waals surface area contributed by atoms with E-state index in [2.05, 4.69) is 62.5 Å². The first kappa shape index (κ1) is 15.9. The predicted octanol–water partition coefficient (Wildman–Crippen LogP) is 4.95. The minimum absolute atomic E-state index is 0.355. The topological polar surface area (TPSA) is 18.5 Å². The van der Waals surface area contributed by atoms with Crippen LogP contribution in [0.2, 0.25) is 0 Å². The molecule has 0 spiro atoms. The lowest BCUT2D eigenvalue weighted by Crippen LogP contribution is -2.20. The molecule has 3 aliphatic carbocycles. The predicted molar refractivity (Wildman–Crippen MR) is 94.6 cm³/mol. The zero-order valence-electron chi connectivity index (χ0n) is 14.5. The van der Waals surface area contributed by atoms with E-state index in [-0.39, 0.29) is 0 Å². The minimum Gasteiger partial charge on any atom is -0.493 e. The van der Waals surface area contributed by atoms with E-state index in [0.717, 1.165) is 17.9 Å². The van der Waals surface area contributed by atoms with Crippen LogP contribution >= 0.6 is 0 Å².